The first-order chi connectivity index (χ1) is 16.6. The summed E-state index contributed by atoms with van der Waals surface area (Å²) in [5.74, 6) is -2.18. The molecule has 0 saturated carbocycles. The molecule has 35 heavy (non-hydrogen) atoms. The quantitative estimate of drug-likeness (QED) is 0.151. The number of ketones is 1. The van der Waals surface area contributed by atoms with E-state index in [1.54, 1.807) is 13.8 Å². The molecule has 11 nitrogen and oxygen atoms in total. The Hall–Kier alpha value is -3.31. The Balaban J connectivity index is 2.55. The molecule has 0 unspecified atom stereocenters. The van der Waals surface area contributed by atoms with Crippen LogP contribution in [0.1, 0.15) is 33.3 Å². The van der Waals surface area contributed by atoms with Gasteiger partial charge in [0.05, 0.1) is 19.6 Å². The van der Waals surface area contributed by atoms with Crippen molar-refractivity contribution < 1.29 is 28.7 Å². The molecule has 0 aliphatic carbocycles. The van der Waals surface area contributed by atoms with Crippen LogP contribution in [0.25, 0.3) is 0 Å². The van der Waals surface area contributed by atoms with Gasteiger partial charge in [-0.25, -0.2) is 0 Å². The third kappa shape index (κ3) is 13.9. The second kappa shape index (κ2) is 16.3. The molecule has 0 heterocycles. The van der Waals surface area contributed by atoms with Crippen molar-refractivity contribution in [3.05, 3.63) is 35.9 Å². The van der Waals surface area contributed by atoms with Crippen molar-refractivity contribution in [2.45, 2.75) is 46.2 Å². The summed E-state index contributed by atoms with van der Waals surface area (Å²) in [5, 5.41) is 13.0. The van der Waals surface area contributed by atoms with E-state index in [-0.39, 0.29) is 63.0 Å². The van der Waals surface area contributed by atoms with Gasteiger partial charge in [0, 0.05) is 18.4 Å². The van der Waals surface area contributed by atoms with Crippen molar-refractivity contribution in [2.75, 3.05) is 33.0 Å². The van der Waals surface area contributed by atoms with Crippen LogP contribution in [0.3, 0.4) is 0 Å². The Labute approximate surface area is 206 Å². The van der Waals surface area contributed by atoms with E-state index in [1.165, 1.54) is 0 Å². The molecular formula is C24H37N5O6. The van der Waals surface area contributed by atoms with E-state index >= 15 is 0 Å². The number of hydrogen-bond acceptors (Lipinski definition) is 7. The molecule has 1 aromatic rings. The van der Waals surface area contributed by atoms with Crippen LogP contribution in [-0.2, 0) is 35.1 Å². The molecule has 1 rings (SSSR count). The fourth-order valence-corrected chi connectivity index (χ4v) is 2.65. The van der Waals surface area contributed by atoms with Gasteiger partial charge in [-0.15, -0.1) is 0 Å². The average molecular weight is 492 g/mol. The standard InChI is InChI=1S/C24H37N5O6/c1-16(2)20(30)14-35-15-28-22(32)12-27-24(34)19(10-18-8-6-5-7-9-18)29-23(33)13-26-21(31)11-25-17(3)4/h5-9,16-17,19,25H,10-15H2,1-4H3,(H,26,31)(H,27,34)(H,28,32)(H,29,33)/t19-/m0/s1. The summed E-state index contributed by atoms with van der Waals surface area (Å²) in [6.45, 7) is 6.47. The summed E-state index contributed by atoms with van der Waals surface area (Å²) < 4.78 is 5.10. The van der Waals surface area contributed by atoms with E-state index < -0.39 is 23.8 Å². The lowest BCUT2D eigenvalue weighted by molar-refractivity contribution is -0.131. The van der Waals surface area contributed by atoms with Gasteiger partial charge in [-0.05, 0) is 5.56 Å². The molecule has 0 radical (unpaired) electrons. The Morgan fingerprint density at radius 1 is 0.800 bits per heavy atom. The highest BCUT2D eigenvalue weighted by Gasteiger charge is 2.22. The van der Waals surface area contributed by atoms with E-state index in [2.05, 4.69) is 26.6 Å². The number of amides is 4. The number of benzene rings is 1. The van der Waals surface area contributed by atoms with Crippen molar-refractivity contribution >= 4 is 29.4 Å². The van der Waals surface area contributed by atoms with Crippen LogP contribution in [0.15, 0.2) is 30.3 Å². The molecule has 0 aliphatic heterocycles. The number of rotatable bonds is 16. The van der Waals surface area contributed by atoms with Gasteiger partial charge in [0.1, 0.15) is 19.4 Å². The molecular weight excluding hydrogens is 454 g/mol. The van der Waals surface area contributed by atoms with Crippen molar-refractivity contribution in [3.8, 4) is 0 Å². The third-order valence-electron chi connectivity index (χ3n) is 4.73. The highest BCUT2D eigenvalue weighted by molar-refractivity contribution is 5.92. The molecule has 194 valence electrons. The summed E-state index contributed by atoms with van der Waals surface area (Å²) in [4.78, 5) is 60.4. The highest BCUT2D eigenvalue weighted by Crippen LogP contribution is 2.03. The van der Waals surface area contributed by atoms with E-state index in [1.807, 2.05) is 44.2 Å². The molecule has 0 fully saturated rings. The van der Waals surface area contributed by atoms with Crippen LogP contribution in [0, 0.1) is 5.92 Å². The zero-order valence-electron chi connectivity index (χ0n) is 20.8. The normalized spacial score (nSPS) is 11.6. The van der Waals surface area contributed by atoms with Crippen molar-refractivity contribution in [1.29, 1.82) is 0 Å². The molecule has 0 bridgehead atoms. The molecule has 5 N–H and O–H groups in total. The Morgan fingerprint density at radius 3 is 2.06 bits per heavy atom. The summed E-state index contributed by atoms with van der Waals surface area (Å²) in [5.41, 5.74) is 0.811. The van der Waals surface area contributed by atoms with Crippen LogP contribution in [0.2, 0.25) is 0 Å². The number of ether oxygens (including phenoxy) is 1. The second-order valence-corrected chi connectivity index (χ2v) is 8.55. The molecule has 11 heteroatoms. The molecule has 0 aliphatic rings. The van der Waals surface area contributed by atoms with E-state index in [9.17, 15) is 24.0 Å². The van der Waals surface area contributed by atoms with Gasteiger partial charge in [0.25, 0.3) is 0 Å². The van der Waals surface area contributed by atoms with Crippen LogP contribution in [0.4, 0.5) is 0 Å². The number of Topliss-reactive ketones (excluding diaryl/α,β-unsaturated/α-hetero) is 1. The van der Waals surface area contributed by atoms with Gasteiger partial charge in [-0.2, -0.15) is 0 Å². The van der Waals surface area contributed by atoms with Gasteiger partial charge in [0.2, 0.25) is 23.6 Å². The minimum Gasteiger partial charge on any atom is -0.353 e. The van der Waals surface area contributed by atoms with Crippen molar-refractivity contribution in [2.24, 2.45) is 5.92 Å². The smallest absolute Gasteiger partial charge is 0.243 e. The number of carbonyl (C=O) groups excluding carboxylic acids is 5. The lowest BCUT2D eigenvalue weighted by atomic mass is 10.1. The van der Waals surface area contributed by atoms with Crippen LogP contribution in [-0.4, -0.2) is 74.5 Å². The minimum atomic E-state index is -0.955. The molecule has 0 saturated heterocycles. The topological polar surface area (TPSA) is 155 Å². The molecule has 4 amide bonds. The van der Waals surface area contributed by atoms with E-state index in [0.29, 0.717) is 0 Å². The molecule has 0 spiro atoms. The maximum Gasteiger partial charge on any atom is 0.243 e. The largest absolute Gasteiger partial charge is 0.353 e. The minimum absolute atomic E-state index is 0.0728. The fraction of sp³-hybridized carbons (Fsp3) is 0.542. The number of hydrogen-bond donors (Lipinski definition) is 5. The SMILES string of the molecule is CC(C)NCC(=O)NCC(=O)N[C@@H](Cc1ccccc1)C(=O)NCC(=O)NCOCC(=O)C(C)C. The first-order valence-corrected chi connectivity index (χ1v) is 11.6. The molecule has 1 atom stereocenters. The summed E-state index contributed by atoms with van der Waals surface area (Å²) in [6.07, 6.45) is 0.198. The first-order valence-electron chi connectivity index (χ1n) is 11.6. The highest BCUT2D eigenvalue weighted by atomic mass is 16.5. The summed E-state index contributed by atoms with van der Waals surface area (Å²) >= 11 is 0. The van der Waals surface area contributed by atoms with Crippen molar-refractivity contribution in [1.82, 2.24) is 26.6 Å². The third-order valence-corrected chi connectivity index (χ3v) is 4.73. The predicted molar refractivity (Wildman–Crippen MR) is 130 cm³/mol. The van der Waals surface area contributed by atoms with Gasteiger partial charge < -0.3 is 31.3 Å². The predicted octanol–water partition coefficient (Wildman–Crippen LogP) is -0.740. The zero-order valence-corrected chi connectivity index (χ0v) is 20.8. The fourth-order valence-electron chi connectivity index (χ4n) is 2.65. The van der Waals surface area contributed by atoms with Crippen LogP contribution in [0.5, 0.6) is 0 Å². The van der Waals surface area contributed by atoms with Gasteiger partial charge in [-0.1, -0.05) is 58.0 Å². The average Bonchev–Trinajstić information content (AvgIpc) is 2.82. The molecule has 0 aromatic heterocycles. The molecule has 1 aromatic carbocycles. The van der Waals surface area contributed by atoms with E-state index in [0.717, 1.165) is 5.56 Å². The van der Waals surface area contributed by atoms with Crippen LogP contribution >= 0.6 is 0 Å². The van der Waals surface area contributed by atoms with Gasteiger partial charge >= 0.3 is 0 Å². The van der Waals surface area contributed by atoms with E-state index in [4.69, 9.17) is 4.74 Å². The van der Waals surface area contributed by atoms with Gasteiger partial charge in [0.15, 0.2) is 5.78 Å². The summed E-state index contributed by atoms with van der Waals surface area (Å²) in [7, 11) is 0. The van der Waals surface area contributed by atoms with Gasteiger partial charge in [-0.3, -0.25) is 24.0 Å². The Morgan fingerprint density at radius 2 is 1.43 bits per heavy atom. The lowest BCUT2D eigenvalue weighted by Gasteiger charge is -2.19. The Bertz CT molecular complexity index is 844. The second-order valence-electron chi connectivity index (χ2n) is 8.55. The maximum atomic E-state index is 12.7. The first kappa shape index (κ1) is 29.7. The van der Waals surface area contributed by atoms with Crippen LogP contribution < -0.4 is 26.6 Å². The Kier molecular flexibility index (Phi) is 13.9. The number of nitrogens with one attached hydrogen (secondary N) is 5. The van der Waals surface area contributed by atoms with Crippen molar-refractivity contribution in [3.63, 3.8) is 0 Å². The maximum absolute atomic E-state index is 12.7. The number of carbonyl (C=O) groups is 5. The summed E-state index contributed by atoms with van der Waals surface area (Å²) in [6, 6.07) is 8.25. The lowest BCUT2D eigenvalue weighted by Crippen LogP contribution is -2.52. The zero-order chi connectivity index (χ0) is 26.2. The monoisotopic (exact) mass is 491 g/mol.